The van der Waals surface area contributed by atoms with Crippen molar-refractivity contribution in [3.63, 3.8) is 0 Å². The van der Waals surface area contributed by atoms with Crippen LogP contribution in [0.3, 0.4) is 0 Å². The fraction of sp³-hybridized carbons (Fsp3) is 0.273. The number of aliphatic imine (C=N–C) groups is 1. The lowest BCUT2D eigenvalue weighted by Gasteiger charge is -2.10. The van der Waals surface area contributed by atoms with E-state index in [0.717, 1.165) is 33.1 Å². The lowest BCUT2D eigenvalue weighted by atomic mass is 10.1. The molecule has 1 heterocycles. The number of carbonyl (C=O) groups excluding carboxylic acids is 1. The molecule has 0 saturated carbocycles. The van der Waals surface area contributed by atoms with Crippen molar-refractivity contribution in [2.45, 2.75) is 26.7 Å². The number of methoxy groups -OCH3 is 1. The highest BCUT2D eigenvalue weighted by atomic mass is 127. The summed E-state index contributed by atoms with van der Waals surface area (Å²) in [6.07, 6.45) is 3.73. The van der Waals surface area contributed by atoms with Crippen LogP contribution in [0.15, 0.2) is 47.1 Å². The Labute approximate surface area is 178 Å². The van der Waals surface area contributed by atoms with Crippen LogP contribution in [0.25, 0.3) is 6.08 Å². The van der Waals surface area contributed by atoms with Crippen LogP contribution < -0.4 is 9.47 Å². The minimum atomic E-state index is -0.464. The number of esters is 1. The normalized spacial score (nSPS) is 14.8. The van der Waals surface area contributed by atoms with Gasteiger partial charge in [-0.2, -0.15) is 0 Å². The molecule has 1 aliphatic rings. The molecular weight excluding hydrogens is 469 g/mol. The van der Waals surface area contributed by atoms with Gasteiger partial charge in [0.1, 0.15) is 0 Å². The molecule has 0 aromatic heterocycles. The Morgan fingerprint density at radius 2 is 2.00 bits per heavy atom. The summed E-state index contributed by atoms with van der Waals surface area (Å²) in [5, 5.41) is 0. The monoisotopic (exact) mass is 491 g/mol. The molecule has 0 atom stereocenters. The zero-order valence-corrected chi connectivity index (χ0v) is 18.3. The minimum Gasteiger partial charge on any atom is -0.493 e. The standard InChI is InChI=1S/C22H22INO4/c1-4-5-10-27-19-9-6-15(13-20(19)26-3)12-18-22(25)28-21(24-18)16-7-8-17(23)14(2)11-16/h6-9,11-13H,4-5,10H2,1-3H3/b18-12-. The predicted molar refractivity (Wildman–Crippen MR) is 118 cm³/mol. The maximum absolute atomic E-state index is 12.2. The Kier molecular flexibility index (Phi) is 6.72. The molecular formula is C22H22INO4. The number of benzene rings is 2. The molecule has 5 nitrogen and oxygen atoms in total. The van der Waals surface area contributed by atoms with Crippen LogP contribution in [-0.4, -0.2) is 25.6 Å². The fourth-order valence-corrected chi connectivity index (χ4v) is 3.02. The molecule has 0 N–H and O–H groups in total. The molecule has 0 bridgehead atoms. The number of nitrogens with zero attached hydrogens (tertiary/aromatic N) is 1. The molecule has 1 aliphatic heterocycles. The van der Waals surface area contributed by atoms with Crippen molar-refractivity contribution in [1.29, 1.82) is 0 Å². The predicted octanol–water partition coefficient (Wildman–Crippen LogP) is 5.13. The fourth-order valence-electron chi connectivity index (χ4n) is 2.69. The lowest BCUT2D eigenvalue weighted by molar-refractivity contribution is -0.129. The van der Waals surface area contributed by atoms with E-state index in [1.54, 1.807) is 13.2 Å². The number of ether oxygens (including phenoxy) is 3. The van der Waals surface area contributed by atoms with Crippen molar-refractivity contribution in [2.24, 2.45) is 4.99 Å². The average molecular weight is 491 g/mol. The molecule has 3 rings (SSSR count). The van der Waals surface area contributed by atoms with E-state index in [0.29, 0.717) is 24.0 Å². The molecule has 0 fully saturated rings. The third-order valence-corrected chi connectivity index (χ3v) is 5.48. The van der Waals surface area contributed by atoms with Crippen molar-refractivity contribution < 1.29 is 19.0 Å². The van der Waals surface area contributed by atoms with Gasteiger partial charge in [-0.3, -0.25) is 0 Å². The summed E-state index contributed by atoms with van der Waals surface area (Å²) in [5.74, 6) is 1.16. The Bertz CT molecular complexity index is 950. The first-order chi connectivity index (χ1) is 13.5. The smallest absolute Gasteiger partial charge is 0.363 e. The number of rotatable bonds is 7. The number of aryl methyl sites for hydroxylation is 1. The molecule has 2 aromatic carbocycles. The summed E-state index contributed by atoms with van der Waals surface area (Å²) in [6, 6.07) is 11.4. The van der Waals surface area contributed by atoms with E-state index in [1.807, 2.05) is 43.3 Å². The van der Waals surface area contributed by atoms with E-state index in [1.165, 1.54) is 0 Å². The topological polar surface area (TPSA) is 57.1 Å². The first kappa shape index (κ1) is 20.4. The second-order valence-corrected chi connectivity index (χ2v) is 7.57. The maximum Gasteiger partial charge on any atom is 0.363 e. The summed E-state index contributed by atoms with van der Waals surface area (Å²) in [5.41, 5.74) is 2.94. The molecule has 146 valence electrons. The molecule has 0 aliphatic carbocycles. The Balaban J connectivity index is 1.84. The molecule has 28 heavy (non-hydrogen) atoms. The third kappa shape index (κ3) is 4.73. The molecule has 6 heteroatoms. The highest BCUT2D eigenvalue weighted by Gasteiger charge is 2.24. The van der Waals surface area contributed by atoms with Gasteiger partial charge in [0.25, 0.3) is 0 Å². The molecule has 0 saturated heterocycles. The van der Waals surface area contributed by atoms with Crippen LogP contribution in [0, 0.1) is 10.5 Å². The molecule has 0 unspecified atom stereocenters. The third-order valence-electron chi connectivity index (χ3n) is 4.27. The van der Waals surface area contributed by atoms with Crippen LogP contribution in [-0.2, 0) is 9.53 Å². The zero-order chi connectivity index (χ0) is 20.1. The van der Waals surface area contributed by atoms with Crippen LogP contribution in [0.1, 0.15) is 36.5 Å². The van der Waals surface area contributed by atoms with Crippen LogP contribution >= 0.6 is 22.6 Å². The second kappa shape index (κ2) is 9.23. The number of hydrogen-bond acceptors (Lipinski definition) is 5. The lowest BCUT2D eigenvalue weighted by Crippen LogP contribution is -2.05. The zero-order valence-electron chi connectivity index (χ0n) is 16.1. The van der Waals surface area contributed by atoms with Crippen LogP contribution in [0.5, 0.6) is 11.5 Å². The number of unbranched alkanes of at least 4 members (excludes halogenated alkanes) is 1. The summed E-state index contributed by atoms with van der Waals surface area (Å²) >= 11 is 2.27. The summed E-state index contributed by atoms with van der Waals surface area (Å²) in [7, 11) is 1.60. The van der Waals surface area contributed by atoms with Gasteiger partial charge in [0.05, 0.1) is 13.7 Å². The summed E-state index contributed by atoms with van der Waals surface area (Å²) in [4.78, 5) is 16.6. The van der Waals surface area contributed by atoms with Crippen molar-refractivity contribution in [2.75, 3.05) is 13.7 Å². The number of halogens is 1. The van der Waals surface area contributed by atoms with Crippen LogP contribution in [0.2, 0.25) is 0 Å². The minimum absolute atomic E-state index is 0.257. The highest BCUT2D eigenvalue weighted by molar-refractivity contribution is 14.1. The quantitative estimate of drug-likeness (QED) is 0.233. The van der Waals surface area contributed by atoms with E-state index < -0.39 is 5.97 Å². The van der Waals surface area contributed by atoms with Gasteiger partial charge in [-0.15, -0.1) is 0 Å². The largest absolute Gasteiger partial charge is 0.493 e. The van der Waals surface area contributed by atoms with Crippen molar-refractivity contribution in [1.82, 2.24) is 0 Å². The summed E-state index contributed by atoms with van der Waals surface area (Å²) < 4.78 is 17.7. The van der Waals surface area contributed by atoms with Gasteiger partial charge in [0.2, 0.25) is 5.90 Å². The van der Waals surface area contributed by atoms with Crippen LogP contribution in [0.4, 0.5) is 0 Å². The highest BCUT2D eigenvalue weighted by Crippen LogP contribution is 2.30. The second-order valence-electron chi connectivity index (χ2n) is 6.41. The maximum atomic E-state index is 12.2. The van der Waals surface area contributed by atoms with E-state index >= 15 is 0 Å². The summed E-state index contributed by atoms with van der Waals surface area (Å²) in [6.45, 7) is 4.77. The Morgan fingerprint density at radius 3 is 2.71 bits per heavy atom. The number of cyclic esters (lactones) is 1. The Hall–Kier alpha value is -2.35. The van der Waals surface area contributed by atoms with E-state index in [4.69, 9.17) is 14.2 Å². The molecule has 0 radical (unpaired) electrons. The molecule has 0 spiro atoms. The SMILES string of the molecule is CCCCOc1ccc(/C=C2\N=C(c3ccc(I)c(C)c3)OC2=O)cc1OC. The number of carbonyl (C=O) groups is 1. The molecule has 2 aromatic rings. The van der Waals surface area contributed by atoms with Gasteiger partial charge < -0.3 is 14.2 Å². The van der Waals surface area contributed by atoms with Crippen molar-refractivity contribution >= 4 is 40.5 Å². The van der Waals surface area contributed by atoms with Gasteiger partial charge in [0.15, 0.2) is 17.2 Å². The van der Waals surface area contributed by atoms with E-state index in [-0.39, 0.29) is 5.70 Å². The van der Waals surface area contributed by atoms with E-state index in [2.05, 4.69) is 34.5 Å². The van der Waals surface area contributed by atoms with Gasteiger partial charge in [-0.1, -0.05) is 19.4 Å². The van der Waals surface area contributed by atoms with Gasteiger partial charge in [-0.25, -0.2) is 9.79 Å². The number of hydrogen-bond donors (Lipinski definition) is 0. The van der Waals surface area contributed by atoms with Crippen molar-refractivity contribution in [3.05, 3.63) is 62.4 Å². The van der Waals surface area contributed by atoms with Crippen molar-refractivity contribution in [3.8, 4) is 11.5 Å². The first-order valence-electron chi connectivity index (χ1n) is 9.11. The van der Waals surface area contributed by atoms with Gasteiger partial charge in [0, 0.05) is 9.13 Å². The van der Waals surface area contributed by atoms with Gasteiger partial charge >= 0.3 is 5.97 Å². The first-order valence-corrected chi connectivity index (χ1v) is 10.2. The molecule has 0 amide bonds. The Morgan fingerprint density at radius 1 is 1.18 bits per heavy atom. The van der Waals surface area contributed by atoms with E-state index in [9.17, 15) is 4.79 Å². The van der Waals surface area contributed by atoms with Gasteiger partial charge in [-0.05, 0) is 83.5 Å². The average Bonchev–Trinajstić information content (AvgIpc) is 3.05.